The van der Waals surface area contributed by atoms with Gasteiger partial charge in [-0.05, 0) is 55.5 Å². The first kappa shape index (κ1) is 21.4. The highest BCUT2D eigenvalue weighted by molar-refractivity contribution is 6.30. The van der Waals surface area contributed by atoms with Gasteiger partial charge in [-0.1, -0.05) is 17.7 Å². The van der Waals surface area contributed by atoms with Crippen molar-refractivity contribution in [3.8, 4) is 5.75 Å². The van der Waals surface area contributed by atoms with Crippen LogP contribution in [0.15, 0.2) is 61.2 Å². The Morgan fingerprint density at radius 3 is 2.43 bits per heavy atom. The van der Waals surface area contributed by atoms with Crippen LogP contribution in [0.1, 0.15) is 13.3 Å². The monoisotopic (exact) mass is 427 g/mol. The van der Waals surface area contributed by atoms with Crippen molar-refractivity contribution < 1.29 is 19.1 Å². The van der Waals surface area contributed by atoms with Crippen molar-refractivity contribution in [2.45, 2.75) is 19.4 Å². The van der Waals surface area contributed by atoms with E-state index in [1.165, 1.54) is 11.0 Å². The van der Waals surface area contributed by atoms with Crippen LogP contribution in [-0.4, -0.2) is 41.9 Å². The van der Waals surface area contributed by atoms with Crippen molar-refractivity contribution in [3.05, 3.63) is 66.2 Å². The molecule has 0 aliphatic carbocycles. The molecular weight excluding hydrogens is 406 g/mol. The molecule has 0 aromatic heterocycles. The zero-order chi connectivity index (χ0) is 21.7. The zero-order valence-corrected chi connectivity index (χ0v) is 17.3. The van der Waals surface area contributed by atoms with Gasteiger partial charge < -0.3 is 15.0 Å². The fourth-order valence-corrected chi connectivity index (χ4v) is 3.32. The minimum Gasteiger partial charge on any atom is -0.494 e. The van der Waals surface area contributed by atoms with Crippen LogP contribution >= 0.6 is 11.6 Å². The number of anilines is 2. The first-order chi connectivity index (χ1) is 14.4. The third kappa shape index (κ3) is 4.63. The van der Waals surface area contributed by atoms with E-state index in [-0.39, 0.29) is 18.9 Å². The highest BCUT2D eigenvalue weighted by Crippen LogP contribution is 2.28. The molecule has 30 heavy (non-hydrogen) atoms. The average molecular weight is 428 g/mol. The maximum Gasteiger partial charge on any atom is 0.332 e. The van der Waals surface area contributed by atoms with Crippen LogP contribution in [0.3, 0.4) is 0 Å². The molecule has 3 rings (SSSR count). The molecule has 1 aliphatic heterocycles. The summed E-state index contributed by atoms with van der Waals surface area (Å²) in [5.74, 6) is -0.147. The first-order valence-electron chi connectivity index (χ1n) is 9.48. The fourth-order valence-electron chi connectivity index (χ4n) is 3.20. The molecule has 156 valence electrons. The second-order valence-electron chi connectivity index (χ2n) is 6.60. The lowest BCUT2D eigenvalue weighted by molar-refractivity contribution is -0.124. The van der Waals surface area contributed by atoms with Gasteiger partial charge in [0.05, 0.1) is 18.7 Å². The minimum absolute atomic E-state index is 0.148. The van der Waals surface area contributed by atoms with Crippen LogP contribution in [-0.2, 0) is 9.59 Å². The van der Waals surface area contributed by atoms with Crippen molar-refractivity contribution in [1.82, 2.24) is 4.90 Å². The fraction of sp³-hybridized carbons (Fsp3) is 0.227. The van der Waals surface area contributed by atoms with Crippen molar-refractivity contribution in [3.63, 3.8) is 0 Å². The van der Waals surface area contributed by atoms with E-state index >= 15 is 0 Å². The number of halogens is 1. The summed E-state index contributed by atoms with van der Waals surface area (Å²) < 4.78 is 5.38. The van der Waals surface area contributed by atoms with Gasteiger partial charge in [0.1, 0.15) is 11.8 Å². The van der Waals surface area contributed by atoms with Crippen LogP contribution in [0.2, 0.25) is 5.02 Å². The Balaban J connectivity index is 1.74. The van der Waals surface area contributed by atoms with E-state index in [0.29, 0.717) is 28.8 Å². The summed E-state index contributed by atoms with van der Waals surface area (Å²) >= 11 is 5.90. The molecular formula is C22H22ClN3O4. The molecule has 8 heteroatoms. The summed E-state index contributed by atoms with van der Waals surface area (Å²) in [5.41, 5.74) is 0.975. The maximum absolute atomic E-state index is 13.0. The summed E-state index contributed by atoms with van der Waals surface area (Å²) in [6, 6.07) is 11.9. The predicted octanol–water partition coefficient (Wildman–Crippen LogP) is 4.09. The quantitative estimate of drug-likeness (QED) is 0.508. The van der Waals surface area contributed by atoms with Crippen LogP contribution in [0, 0.1) is 0 Å². The number of nitrogens with zero attached hydrogens (tertiary/aromatic N) is 2. The van der Waals surface area contributed by atoms with Crippen LogP contribution in [0.5, 0.6) is 5.75 Å². The number of urea groups is 1. The van der Waals surface area contributed by atoms with Crippen LogP contribution < -0.4 is 15.0 Å². The molecule has 0 spiro atoms. The number of rotatable bonds is 8. The second-order valence-corrected chi connectivity index (χ2v) is 7.04. The SMILES string of the molecule is C=CCN1C(=O)N(c2ccc(Cl)cc2)C(=O)[C@@H]1CC(=O)Nc1ccc(OCC)cc1. The lowest BCUT2D eigenvalue weighted by atomic mass is 10.1. The van der Waals surface area contributed by atoms with E-state index in [4.69, 9.17) is 16.3 Å². The Morgan fingerprint density at radius 2 is 1.83 bits per heavy atom. The molecule has 1 aliphatic rings. The molecule has 1 N–H and O–H groups in total. The Hall–Kier alpha value is -3.32. The molecule has 7 nitrogen and oxygen atoms in total. The predicted molar refractivity (Wildman–Crippen MR) is 116 cm³/mol. The number of amides is 4. The van der Waals surface area contributed by atoms with Crippen molar-refractivity contribution >= 4 is 40.8 Å². The van der Waals surface area contributed by atoms with E-state index in [0.717, 1.165) is 4.90 Å². The summed E-state index contributed by atoms with van der Waals surface area (Å²) in [5, 5.41) is 3.24. The number of carbonyl (C=O) groups is 3. The summed E-state index contributed by atoms with van der Waals surface area (Å²) in [6.45, 7) is 6.23. The number of nitrogens with one attached hydrogen (secondary N) is 1. The molecule has 2 aromatic carbocycles. The van der Waals surface area contributed by atoms with Gasteiger partial charge in [0.2, 0.25) is 5.91 Å². The van der Waals surface area contributed by atoms with Gasteiger partial charge in [-0.3, -0.25) is 9.59 Å². The summed E-state index contributed by atoms with van der Waals surface area (Å²) in [7, 11) is 0. The van der Waals surface area contributed by atoms with Gasteiger partial charge in [0.25, 0.3) is 5.91 Å². The second kappa shape index (κ2) is 9.45. The van der Waals surface area contributed by atoms with Crippen molar-refractivity contribution in [2.24, 2.45) is 0 Å². The Bertz CT molecular complexity index is 944. The number of hydrogen-bond donors (Lipinski definition) is 1. The van der Waals surface area contributed by atoms with E-state index in [2.05, 4.69) is 11.9 Å². The van der Waals surface area contributed by atoms with Gasteiger partial charge >= 0.3 is 6.03 Å². The summed E-state index contributed by atoms with van der Waals surface area (Å²) in [4.78, 5) is 40.8. The highest BCUT2D eigenvalue weighted by Gasteiger charge is 2.46. The lowest BCUT2D eigenvalue weighted by Gasteiger charge is -2.19. The molecule has 2 aromatic rings. The van der Waals surface area contributed by atoms with Gasteiger partial charge in [0.15, 0.2) is 0 Å². The van der Waals surface area contributed by atoms with Gasteiger partial charge in [-0.25, -0.2) is 9.69 Å². The van der Waals surface area contributed by atoms with E-state index < -0.39 is 18.0 Å². The number of hydrogen-bond acceptors (Lipinski definition) is 4. The maximum atomic E-state index is 13.0. The largest absolute Gasteiger partial charge is 0.494 e. The van der Waals surface area contributed by atoms with Gasteiger partial charge in [-0.2, -0.15) is 0 Å². The molecule has 4 amide bonds. The molecule has 0 bridgehead atoms. The first-order valence-corrected chi connectivity index (χ1v) is 9.86. The molecule has 1 fully saturated rings. The summed E-state index contributed by atoms with van der Waals surface area (Å²) in [6.07, 6.45) is 1.35. The molecule has 0 saturated carbocycles. The lowest BCUT2D eigenvalue weighted by Crippen LogP contribution is -2.38. The van der Waals surface area contributed by atoms with Crippen molar-refractivity contribution in [2.75, 3.05) is 23.4 Å². The third-order valence-corrected chi connectivity index (χ3v) is 4.81. The van der Waals surface area contributed by atoms with Crippen LogP contribution in [0.25, 0.3) is 0 Å². The Kier molecular flexibility index (Phi) is 6.74. The molecule has 1 saturated heterocycles. The average Bonchev–Trinajstić information content (AvgIpc) is 2.95. The molecule has 0 unspecified atom stereocenters. The van der Waals surface area contributed by atoms with E-state index in [1.807, 2.05) is 6.92 Å². The molecule has 1 heterocycles. The minimum atomic E-state index is -0.922. The van der Waals surface area contributed by atoms with Crippen molar-refractivity contribution in [1.29, 1.82) is 0 Å². The number of ether oxygens (including phenoxy) is 1. The Labute approximate surface area is 179 Å². The molecule has 0 radical (unpaired) electrons. The number of carbonyl (C=O) groups excluding carboxylic acids is 3. The van der Waals surface area contributed by atoms with Gasteiger partial charge in [-0.15, -0.1) is 6.58 Å². The molecule has 1 atom stereocenters. The van der Waals surface area contributed by atoms with E-state index in [1.54, 1.807) is 48.5 Å². The van der Waals surface area contributed by atoms with Gasteiger partial charge in [0, 0.05) is 17.3 Å². The number of imide groups is 1. The number of benzene rings is 2. The topological polar surface area (TPSA) is 79.0 Å². The van der Waals surface area contributed by atoms with Crippen LogP contribution in [0.4, 0.5) is 16.2 Å². The third-order valence-electron chi connectivity index (χ3n) is 4.56. The van der Waals surface area contributed by atoms with E-state index in [9.17, 15) is 14.4 Å². The Morgan fingerprint density at radius 1 is 1.17 bits per heavy atom. The normalized spacial score (nSPS) is 16.0. The highest BCUT2D eigenvalue weighted by atomic mass is 35.5. The smallest absolute Gasteiger partial charge is 0.332 e. The zero-order valence-electron chi connectivity index (χ0n) is 16.5. The standard InChI is InChI=1S/C22H22ClN3O4/c1-3-13-25-19(14-20(27)24-16-7-11-18(12-8-16)30-4-2)21(28)26(22(25)29)17-9-5-15(23)6-10-17/h3,5-12,19H,1,4,13-14H2,2H3,(H,24,27)/t19-/m0/s1.